The summed E-state index contributed by atoms with van der Waals surface area (Å²) in [5.74, 6) is -0.0990. The Bertz CT molecular complexity index is 906. The standard InChI is InChI=1S/C22H23N3O/c1-16-9-10-20(17(2)13-16)24-19-11-12-23-21(14-19)22(26)25(3)15-18-7-5-4-6-8-18/h4-14H,15H2,1-3H3,(H,23,24). The predicted octanol–water partition coefficient (Wildman–Crippen LogP) is 4.71. The fourth-order valence-corrected chi connectivity index (χ4v) is 2.86. The van der Waals surface area contributed by atoms with Crippen LogP contribution >= 0.6 is 0 Å². The van der Waals surface area contributed by atoms with Gasteiger partial charge in [0, 0.05) is 31.2 Å². The first-order chi connectivity index (χ1) is 12.5. The van der Waals surface area contributed by atoms with Crippen LogP contribution in [0.5, 0.6) is 0 Å². The molecule has 0 spiro atoms. The van der Waals surface area contributed by atoms with Gasteiger partial charge in [-0.25, -0.2) is 0 Å². The number of carbonyl (C=O) groups excluding carboxylic acids is 1. The van der Waals surface area contributed by atoms with Crippen LogP contribution in [0.25, 0.3) is 0 Å². The molecule has 26 heavy (non-hydrogen) atoms. The fourth-order valence-electron chi connectivity index (χ4n) is 2.86. The molecule has 0 saturated heterocycles. The van der Waals surface area contributed by atoms with E-state index in [1.807, 2.05) is 42.5 Å². The summed E-state index contributed by atoms with van der Waals surface area (Å²) in [6.45, 7) is 4.69. The zero-order valence-corrected chi connectivity index (χ0v) is 15.4. The Morgan fingerprint density at radius 2 is 1.81 bits per heavy atom. The molecule has 4 heteroatoms. The second-order valence-corrected chi connectivity index (χ2v) is 6.52. The van der Waals surface area contributed by atoms with Gasteiger partial charge in [0.1, 0.15) is 5.69 Å². The Morgan fingerprint density at radius 1 is 1.04 bits per heavy atom. The van der Waals surface area contributed by atoms with Crippen LogP contribution in [0, 0.1) is 13.8 Å². The van der Waals surface area contributed by atoms with Crippen molar-refractivity contribution in [3.8, 4) is 0 Å². The van der Waals surface area contributed by atoms with E-state index in [0.717, 1.165) is 22.5 Å². The van der Waals surface area contributed by atoms with Crippen LogP contribution in [-0.2, 0) is 6.54 Å². The summed E-state index contributed by atoms with van der Waals surface area (Å²) >= 11 is 0. The van der Waals surface area contributed by atoms with E-state index >= 15 is 0 Å². The average Bonchev–Trinajstić information content (AvgIpc) is 2.64. The van der Waals surface area contributed by atoms with E-state index in [2.05, 4.69) is 36.3 Å². The number of anilines is 2. The molecule has 0 fully saturated rings. The first kappa shape index (κ1) is 17.7. The molecule has 132 valence electrons. The number of carbonyl (C=O) groups is 1. The van der Waals surface area contributed by atoms with Gasteiger partial charge in [0.15, 0.2) is 0 Å². The summed E-state index contributed by atoms with van der Waals surface area (Å²) in [7, 11) is 1.79. The number of aromatic nitrogens is 1. The molecule has 3 rings (SSSR count). The minimum Gasteiger partial charge on any atom is -0.355 e. The van der Waals surface area contributed by atoms with Crippen molar-refractivity contribution in [2.75, 3.05) is 12.4 Å². The van der Waals surface area contributed by atoms with E-state index < -0.39 is 0 Å². The van der Waals surface area contributed by atoms with Crippen molar-refractivity contribution in [1.82, 2.24) is 9.88 Å². The highest BCUT2D eigenvalue weighted by Crippen LogP contribution is 2.22. The summed E-state index contributed by atoms with van der Waals surface area (Å²) in [6.07, 6.45) is 1.66. The quantitative estimate of drug-likeness (QED) is 0.728. The first-order valence-electron chi connectivity index (χ1n) is 8.62. The summed E-state index contributed by atoms with van der Waals surface area (Å²) < 4.78 is 0. The summed E-state index contributed by atoms with van der Waals surface area (Å²) in [5, 5.41) is 3.37. The summed E-state index contributed by atoms with van der Waals surface area (Å²) in [5.41, 5.74) is 5.78. The van der Waals surface area contributed by atoms with Crippen LogP contribution in [0.15, 0.2) is 66.9 Å². The smallest absolute Gasteiger partial charge is 0.272 e. The molecule has 4 nitrogen and oxygen atoms in total. The Hall–Kier alpha value is -3.14. The Kier molecular flexibility index (Phi) is 5.32. The summed E-state index contributed by atoms with van der Waals surface area (Å²) in [6, 6.07) is 19.8. The maximum Gasteiger partial charge on any atom is 0.272 e. The minimum absolute atomic E-state index is 0.0990. The van der Waals surface area contributed by atoms with Crippen LogP contribution in [0.4, 0.5) is 11.4 Å². The van der Waals surface area contributed by atoms with Crippen molar-refractivity contribution in [2.45, 2.75) is 20.4 Å². The van der Waals surface area contributed by atoms with Crippen LogP contribution in [0.1, 0.15) is 27.2 Å². The molecule has 2 aromatic carbocycles. The fraction of sp³-hybridized carbons (Fsp3) is 0.182. The van der Waals surface area contributed by atoms with Gasteiger partial charge in [0.05, 0.1) is 0 Å². The number of pyridine rings is 1. The normalized spacial score (nSPS) is 10.4. The first-order valence-corrected chi connectivity index (χ1v) is 8.62. The van der Waals surface area contributed by atoms with Gasteiger partial charge < -0.3 is 10.2 Å². The maximum absolute atomic E-state index is 12.7. The van der Waals surface area contributed by atoms with Crippen molar-refractivity contribution < 1.29 is 4.79 Å². The zero-order chi connectivity index (χ0) is 18.5. The number of hydrogen-bond acceptors (Lipinski definition) is 3. The molecule has 0 radical (unpaired) electrons. The van der Waals surface area contributed by atoms with Crippen molar-refractivity contribution in [3.63, 3.8) is 0 Å². The number of rotatable bonds is 5. The Morgan fingerprint density at radius 3 is 2.54 bits per heavy atom. The van der Waals surface area contributed by atoms with Gasteiger partial charge in [-0.15, -0.1) is 0 Å². The SMILES string of the molecule is Cc1ccc(Nc2ccnc(C(=O)N(C)Cc3ccccc3)c2)c(C)c1. The number of benzene rings is 2. The van der Waals surface area contributed by atoms with Gasteiger partial charge in [-0.3, -0.25) is 9.78 Å². The molecule has 0 saturated carbocycles. The molecule has 3 aromatic rings. The molecule has 0 bridgehead atoms. The van der Waals surface area contributed by atoms with Crippen molar-refractivity contribution >= 4 is 17.3 Å². The second-order valence-electron chi connectivity index (χ2n) is 6.52. The molecule has 1 N–H and O–H groups in total. The molecule has 0 aliphatic carbocycles. The van der Waals surface area contributed by atoms with Crippen LogP contribution in [0.2, 0.25) is 0 Å². The van der Waals surface area contributed by atoms with E-state index in [0.29, 0.717) is 12.2 Å². The molecule has 1 aromatic heterocycles. The molecular formula is C22H23N3O. The number of hydrogen-bond donors (Lipinski definition) is 1. The van der Waals surface area contributed by atoms with E-state index in [-0.39, 0.29) is 5.91 Å². The van der Waals surface area contributed by atoms with Crippen LogP contribution < -0.4 is 5.32 Å². The molecule has 1 amide bonds. The van der Waals surface area contributed by atoms with Gasteiger partial charge in [0.25, 0.3) is 5.91 Å². The topological polar surface area (TPSA) is 45.2 Å². The van der Waals surface area contributed by atoms with E-state index in [1.54, 1.807) is 24.2 Å². The third-order valence-electron chi connectivity index (χ3n) is 4.25. The average molecular weight is 345 g/mol. The van der Waals surface area contributed by atoms with Gasteiger partial charge in [0.2, 0.25) is 0 Å². The van der Waals surface area contributed by atoms with Gasteiger partial charge >= 0.3 is 0 Å². The van der Waals surface area contributed by atoms with E-state index in [4.69, 9.17) is 0 Å². The zero-order valence-electron chi connectivity index (χ0n) is 15.4. The lowest BCUT2D eigenvalue weighted by atomic mass is 10.1. The van der Waals surface area contributed by atoms with Crippen LogP contribution in [0.3, 0.4) is 0 Å². The number of nitrogens with one attached hydrogen (secondary N) is 1. The lowest BCUT2D eigenvalue weighted by Gasteiger charge is -2.17. The van der Waals surface area contributed by atoms with Gasteiger partial charge in [-0.05, 0) is 43.2 Å². The lowest BCUT2D eigenvalue weighted by Crippen LogP contribution is -2.27. The van der Waals surface area contributed by atoms with Crippen molar-refractivity contribution in [3.05, 3.63) is 89.2 Å². The third kappa shape index (κ3) is 4.28. The highest BCUT2D eigenvalue weighted by atomic mass is 16.2. The van der Waals surface area contributed by atoms with E-state index in [9.17, 15) is 4.79 Å². The number of nitrogens with zero attached hydrogens (tertiary/aromatic N) is 2. The highest BCUT2D eigenvalue weighted by Gasteiger charge is 2.14. The van der Waals surface area contributed by atoms with E-state index in [1.165, 1.54) is 5.56 Å². The minimum atomic E-state index is -0.0990. The molecule has 0 unspecified atom stereocenters. The van der Waals surface area contributed by atoms with Gasteiger partial charge in [-0.2, -0.15) is 0 Å². The van der Waals surface area contributed by atoms with Crippen LogP contribution in [-0.4, -0.2) is 22.8 Å². The monoisotopic (exact) mass is 345 g/mol. The molecule has 0 aliphatic heterocycles. The largest absolute Gasteiger partial charge is 0.355 e. The predicted molar refractivity (Wildman–Crippen MR) is 106 cm³/mol. The number of aryl methyl sites for hydroxylation is 2. The maximum atomic E-state index is 12.7. The van der Waals surface area contributed by atoms with Crippen molar-refractivity contribution in [1.29, 1.82) is 0 Å². The summed E-state index contributed by atoms with van der Waals surface area (Å²) in [4.78, 5) is 18.6. The lowest BCUT2D eigenvalue weighted by molar-refractivity contribution is 0.0779. The molecule has 0 atom stereocenters. The Balaban J connectivity index is 1.74. The molecular weight excluding hydrogens is 322 g/mol. The highest BCUT2D eigenvalue weighted by molar-refractivity contribution is 5.93. The second kappa shape index (κ2) is 7.83. The van der Waals surface area contributed by atoms with Crippen molar-refractivity contribution in [2.24, 2.45) is 0 Å². The van der Waals surface area contributed by atoms with Gasteiger partial charge in [-0.1, -0.05) is 48.0 Å². The molecule has 0 aliphatic rings. The third-order valence-corrected chi connectivity index (χ3v) is 4.25. The molecule has 1 heterocycles. The Labute approximate surface area is 154 Å². The number of amides is 1.